The van der Waals surface area contributed by atoms with E-state index in [1.54, 1.807) is 7.11 Å². The first-order chi connectivity index (χ1) is 7.96. The van der Waals surface area contributed by atoms with Crippen molar-refractivity contribution in [3.05, 3.63) is 35.4 Å². The van der Waals surface area contributed by atoms with Crippen LogP contribution in [-0.4, -0.2) is 19.3 Å². The molecule has 2 nitrogen and oxygen atoms in total. The Hall–Kier alpha value is -0.860. The third-order valence-corrected chi connectivity index (χ3v) is 3.39. The molecule has 1 aromatic rings. The minimum absolute atomic E-state index is 0.0432. The van der Waals surface area contributed by atoms with Crippen LogP contribution in [0.2, 0.25) is 0 Å². The van der Waals surface area contributed by atoms with E-state index in [2.05, 4.69) is 57.3 Å². The van der Waals surface area contributed by atoms with E-state index in [1.165, 1.54) is 11.1 Å². The summed E-state index contributed by atoms with van der Waals surface area (Å²) in [5.74, 6) is 0. The number of benzene rings is 1. The Kier molecular flexibility index (Phi) is 5.16. The molecule has 0 heterocycles. The summed E-state index contributed by atoms with van der Waals surface area (Å²) in [6.45, 7) is 9.57. The molecular formula is C15H25NO. The predicted molar refractivity (Wildman–Crippen MR) is 73.3 cm³/mol. The van der Waals surface area contributed by atoms with Crippen molar-refractivity contribution >= 4 is 0 Å². The molecule has 0 fully saturated rings. The van der Waals surface area contributed by atoms with Gasteiger partial charge in [-0.15, -0.1) is 0 Å². The van der Waals surface area contributed by atoms with Crippen molar-refractivity contribution in [3.63, 3.8) is 0 Å². The van der Waals surface area contributed by atoms with Crippen LogP contribution in [-0.2, 0) is 4.74 Å². The zero-order valence-corrected chi connectivity index (χ0v) is 11.7. The molecule has 0 aliphatic carbocycles. The maximum Gasteiger partial charge on any atom is 0.0634 e. The fourth-order valence-electron chi connectivity index (χ4n) is 1.87. The average molecular weight is 235 g/mol. The van der Waals surface area contributed by atoms with Gasteiger partial charge in [0.15, 0.2) is 0 Å². The van der Waals surface area contributed by atoms with Gasteiger partial charge in [0.25, 0.3) is 0 Å². The summed E-state index contributed by atoms with van der Waals surface area (Å²) in [6.07, 6.45) is 1.01. The molecule has 0 spiro atoms. The van der Waals surface area contributed by atoms with Crippen LogP contribution in [0.25, 0.3) is 0 Å². The van der Waals surface area contributed by atoms with Gasteiger partial charge in [-0.1, -0.05) is 24.3 Å². The Morgan fingerprint density at radius 1 is 1.29 bits per heavy atom. The lowest BCUT2D eigenvalue weighted by Gasteiger charge is -2.24. The minimum Gasteiger partial charge on any atom is -0.379 e. The number of rotatable bonds is 6. The maximum absolute atomic E-state index is 5.41. The molecule has 0 amide bonds. The van der Waals surface area contributed by atoms with Crippen molar-refractivity contribution in [2.45, 2.75) is 45.8 Å². The van der Waals surface area contributed by atoms with Crippen LogP contribution in [0.5, 0.6) is 0 Å². The highest BCUT2D eigenvalue weighted by atomic mass is 16.5. The van der Waals surface area contributed by atoms with Crippen LogP contribution in [0.15, 0.2) is 24.3 Å². The molecule has 1 aromatic carbocycles. The summed E-state index contributed by atoms with van der Waals surface area (Å²) in [5, 5.41) is 3.55. The first-order valence-electron chi connectivity index (χ1n) is 6.30. The minimum atomic E-state index is -0.0432. The molecule has 0 saturated heterocycles. The Labute approximate surface area is 105 Å². The second-order valence-corrected chi connectivity index (χ2v) is 5.25. The van der Waals surface area contributed by atoms with Crippen molar-refractivity contribution in [2.75, 3.05) is 13.7 Å². The van der Waals surface area contributed by atoms with Crippen molar-refractivity contribution in [3.8, 4) is 0 Å². The van der Waals surface area contributed by atoms with Gasteiger partial charge < -0.3 is 10.1 Å². The summed E-state index contributed by atoms with van der Waals surface area (Å²) in [5.41, 5.74) is 2.68. The van der Waals surface area contributed by atoms with E-state index in [9.17, 15) is 0 Å². The molecule has 1 N–H and O–H groups in total. The van der Waals surface area contributed by atoms with Gasteiger partial charge in [-0.2, -0.15) is 0 Å². The second kappa shape index (κ2) is 6.18. The van der Waals surface area contributed by atoms with Gasteiger partial charge >= 0.3 is 0 Å². The molecule has 2 heteroatoms. The van der Waals surface area contributed by atoms with Gasteiger partial charge in [0.05, 0.1) is 5.60 Å². The molecule has 0 aliphatic rings. The standard InChI is InChI=1S/C15H25NO/c1-12-8-6-7-9-14(12)13(2)16-11-10-15(3,4)17-5/h6-9,13,16H,10-11H2,1-5H3/t13-/m1/s1. The molecular weight excluding hydrogens is 210 g/mol. The highest BCUT2D eigenvalue weighted by molar-refractivity contribution is 5.28. The molecule has 17 heavy (non-hydrogen) atoms. The zero-order valence-electron chi connectivity index (χ0n) is 11.7. The number of methoxy groups -OCH3 is 1. The van der Waals surface area contributed by atoms with E-state index >= 15 is 0 Å². The molecule has 1 atom stereocenters. The predicted octanol–water partition coefficient (Wildman–Crippen LogP) is 3.46. The SMILES string of the molecule is COC(C)(C)CCN[C@H](C)c1ccccc1C. The molecule has 0 saturated carbocycles. The quantitative estimate of drug-likeness (QED) is 0.815. The lowest BCUT2D eigenvalue weighted by molar-refractivity contribution is 0.0154. The fourth-order valence-corrected chi connectivity index (χ4v) is 1.87. The van der Waals surface area contributed by atoms with Crippen LogP contribution < -0.4 is 5.32 Å². The molecule has 0 aromatic heterocycles. The third kappa shape index (κ3) is 4.49. The maximum atomic E-state index is 5.41. The third-order valence-electron chi connectivity index (χ3n) is 3.39. The van der Waals surface area contributed by atoms with Gasteiger partial charge in [0.1, 0.15) is 0 Å². The monoisotopic (exact) mass is 235 g/mol. The highest BCUT2D eigenvalue weighted by Gasteiger charge is 2.16. The smallest absolute Gasteiger partial charge is 0.0634 e. The number of aryl methyl sites for hydroxylation is 1. The Balaban J connectivity index is 2.46. The Morgan fingerprint density at radius 2 is 1.94 bits per heavy atom. The number of nitrogens with one attached hydrogen (secondary N) is 1. The van der Waals surface area contributed by atoms with E-state index in [1.807, 2.05) is 0 Å². The van der Waals surface area contributed by atoms with E-state index in [0.29, 0.717) is 6.04 Å². The zero-order chi connectivity index (χ0) is 12.9. The van der Waals surface area contributed by atoms with Crippen LogP contribution in [0, 0.1) is 6.92 Å². The van der Waals surface area contributed by atoms with Crippen LogP contribution >= 0.6 is 0 Å². The van der Waals surface area contributed by atoms with Gasteiger partial charge in [0, 0.05) is 13.2 Å². The highest BCUT2D eigenvalue weighted by Crippen LogP contribution is 2.17. The lowest BCUT2D eigenvalue weighted by atomic mass is 10.0. The molecule has 0 aliphatic heterocycles. The number of hydrogen-bond acceptors (Lipinski definition) is 2. The lowest BCUT2D eigenvalue weighted by Crippen LogP contribution is -2.30. The molecule has 0 radical (unpaired) electrons. The van der Waals surface area contributed by atoms with Crippen LogP contribution in [0.3, 0.4) is 0 Å². The summed E-state index contributed by atoms with van der Waals surface area (Å²) >= 11 is 0. The summed E-state index contributed by atoms with van der Waals surface area (Å²) in [4.78, 5) is 0. The Morgan fingerprint density at radius 3 is 2.53 bits per heavy atom. The van der Waals surface area contributed by atoms with Crippen molar-refractivity contribution in [1.82, 2.24) is 5.32 Å². The second-order valence-electron chi connectivity index (χ2n) is 5.25. The first-order valence-corrected chi connectivity index (χ1v) is 6.30. The van der Waals surface area contributed by atoms with E-state index in [0.717, 1.165) is 13.0 Å². The molecule has 96 valence electrons. The Bertz CT molecular complexity index is 347. The van der Waals surface area contributed by atoms with Crippen molar-refractivity contribution in [2.24, 2.45) is 0 Å². The van der Waals surface area contributed by atoms with Crippen LogP contribution in [0.1, 0.15) is 44.4 Å². The summed E-state index contributed by atoms with van der Waals surface area (Å²) in [7, 11) is 1.77. The number of hydrogen-bond donors (Lipinski definition) is 1. The largest absolute Gasteiger partial charge is 0.379 e. The van der Waals surface area contributed by atoms with E-state index in [4.69, 9.17) is 4.74 Å². The van der Waals surface area contributed by atoms with Gasteiger partial charge in [0.2, 0.25) is 0 Å². The van der Waals surface area contributed by atoms with Gasteiger partial charge in [-0.25, -0.2) is 0 Å². The van der Waals surface area contributed by atoms with Gasteiger partial charge in [-0.3, -0.25) is 0 Å². The number of ether oxygens (including phenoxy) is 1. The van der Waals surface area contributed by atoms with Crippen LogP contribution in [0.4, 0.5) is 0 Å². The average Bonchev–Trinajstić information content (AvgIpc) is 2.29. The van der Waals surface area contributed by atoms with Crippen molar-refractivity contribution < 1.29 is 4.74 Å². The summed E-state index contributed by atoms with van der Waals surface area (Å²) < 4.78 is 5.41. The molecule has 1 rings (SSSR count). The van der Waals surface area contributed by atoms with Gasteiger partial charge in [-0.05, 0) is 51.8 Å². The summed E-state index contributed by atoms with van der Waals surface area (Å²) in [6, 6.07) is 8.92. The van der Waals surface area contributed by atoms with Crippen molar-refractivity contribution in [1.29, 1.82) is 0 Å². The molecule has 0 unspecified atom stereocenters. The topological polar surface area (TPSA) is 21.3 Å². The van der Waals surface area contributed by atoms with E-state index < -0.39 is 0 Å². The fraction of sp³-hybridized carbons (Fsp3) is 0.600. The normalized spacial score (nSPS) is 13.7. The molecule has 0 bridgehead atoms. The van der Waals surface area contributed by atoms with E-state index in [-0.39, 0.29) is 5.60 Å². The first kappa shape index (κ1) is 14.2.